The lowest BCUT2D eigenvalue weighted by Gasteiger charge is -2.35. The lowest BCUT2D eigenvalue weighted by molar-refractivity contribution is -0.137. The summed E-state index contributed by atoms with van der Waals surface area (Å²) in [5.41, 5.74) is 2.47. The van der Waals surface area contributed by atoms with Crippen LogP contribution in [0.2, 0.25) is 0 Å². The first-order chi connectivity index (χ1) is 18.7. The van der Waals surface area contributed by atoms with E-state index in [0.717, 1.165) is 48.7 Å². The summed E-state index contributed by atoms with van der Waals surface area (Å²) in [6.07, 6.45) is -0.131. The number of nitrogens with zero attached hydrogens (tertiary/aromatic N) is 5. The Balaban J connectivity index is 1.44. The van der Waals surface area contributed by atoms with Crippen LogP contribution in [-0.4, -0.2) is 63.6 Å². The largest absolute Gasteiger partial charge is 0.416 e. The number of aryl methyl sites for hydroxylation is 2. The van der Waals surface area contributed by atoms with Crippen molar-refractivity contribution in [1.82, 2.24) is 19.8 Å². The normalized spacial score (nSPS) is 15.0. The Hall–Kier alpha value is -3.83. The lowest BCUT2D eigenvalue weighted by atomic mass is 10.2. The molecule has 4 rings (SSSR count). The maximum absolute atomic E-state index is 12.9. The number of piperazine rings is 1. The van der Waals surface area contributed by atoms with E-state index in [2.05, 4.69) is 59.7 Å². The van der Waals surface area contributed by atoms with Crippen molar-refractivity contribution in [2.24, 2.45) is 4.99 Å². The Bertz CT molecular complexity index is 1300. The Labute approximate surface area is 231 Å². The molecule has 0 aliphatic carbocycles. The fourth-order valence-corrected chi connectivity index (χ4v) is 4.30. The van der Waals surface area contributed by atoms with Gasteiger partial charge in [0, 0.05) is 49.8 Å². The lowest BCUT2D eigenvalue weighted by Crippen LogP contribution is -2.51. The summed E-state index contributed by atoms with van der Waals surface area (Å²) in [4.78, 5) is 17.9. The molecule has 1 aliphatic rings. The van der Waals surface area contributed by atoms with Gasteiger partial charge in [-0.1, -0.05) is 42.5 Å². The molecular formula is C28H30F3N7S. The fraction of sp³-hybridized carbons (Fsp3) is 0.286. The van der Waals surface area contributed by atoms with Gasteiger partial charge in [0.25, 0.3) is 0 Å². The van der Waals surface area contributed by atoms with Crippen LogP contribution in [0.15, 0.2) is 71.7 Å². The molecule has 0 unspecified atom stereocenters. The molecule has 7 nitrogen and oxygen atoms in total. The van der Waals surface area contributed by atoms with E-state index in [-0.39, 0.29) is 5.11 Å². The SMILES string of the molecule is Cc1cc(C)nc(N/C(=N/C(=S)Nc2ccc(C(F)(F)F)cc2)N2CCN(C/C=C/c3ccccc3)CC2)n1. The number of hydrogen-bond donors (Lipinski definition) is 2. The number of rotatable bonds is 5. The Kier molecular flexibility index (Phi) is 9.26. The summed E-state index contributed by atoms with van der Waals surface area (Å²) in [6.45, 7) is 7.61. The van der Waals surface area contributed by atoms with Gasteiger partial charge in [-0.15, -0.1) is 0 Å². The third kappa shape index (κ3) is 8.59. The predicted molar refractivity (Wildman–Crippen MR) is 154 cm³/mol. The van der Waals surface area contributed by atoms with Crippen molar-refractivity contribution >= 4 is 41.0 Å². The average molecular weight is 554 g/mol. The summed E-state index contributed by atoms with van der Waals surface area (Å²) < 4.78 is 38.7. The molecule has 0 atom stereocenters. The maximum atomic E-state index is 12.9. The van der Waals surface area contributed by atoms with E-state index in [0.29, 0.717) is 30.7 Å². The van der Waals surface area contributed by atoms with Crippen LogP contribution < -0.4 is 10.6 Å². The number of nitrogens with one attached hydrogen (secondary N) is 2. The first-order valence-electron chi connectivity index (χ1n) is 12.5. The Morgan fingerprint density at radius 3 is 2.21 bits per heavy atom. The van der Waals surface area contributed by atoms with Crippen LogP contribution in [0.5, 0.6) is 0 Å². The molecule has 0 saturated carbocycles. The number of halogens is 3. The quantitative estimate of drug-likeness (QED) is 0.242. The Morgan fingerprint density at radius 1 is 0.949 bits per heavy atom. The van der Waals surface area contributed by atoms with E-state index in [4.69, 9.17) is 12.2 Å². The van der Waals surface area contributed by atoms with Crippen LogP contribution in [0.1, 0.15) is 22.5 Å². The standard InChI is InChI=1S/C28H30F3N7S/c1-20-19-21(2)33-25(32-20)35-26(36-27(39)34-24-12-10-23(11-13-24)28(29,30)31)38-17-15-37(16-18-38)14-6-9-22-7-4-3-5-8-22/h3-13,19H,14-18H2,1-2H3,(H2,32,33,34,35,36,39)/b9-6+. The van der Waals surface area contributed by atoms with Gasteiger partial charge in [0.1, 0.15) is 0 Å². The van der Waals surface area contributed by atoms with E-state index in [9.17, 15) is 13.2 Å². The van der Waals surface area contributed by atoms with Crippen molar-refractivity contribution in [2.45, 2.75) is 20.0 Å². The van der Waals surface area contributed by atoms with Gasteiger partial charge in [0.2, 0.25) is 17.0 Å². The van der Waals surface area contributed by atoms with E-state index in [1.165, 1.54) is 12.1 Å². The summed E-state index contributed by atoms with van der Waals surface area (Å²) in [7, 11) is 0. The molecule has 11 heteroatoms. The van der Waals surface area contributed by atoms with Crippen LogP contribution >= 0.6 is 12.2 Å². The fourth-order valence-electron chi connectivity index (χ4n) is 4.09. The molecular weight excluding hydrogens is 523 g/mol. The summed E-state index contributed by atoms with van der Waals surface area (Å²) in [5, 5.41) is 6.21. The van der Waals surface area contributed by atoms with Gasteiger partial charge in [-0.3, -0.25) is 10.2 Å². The highest BCUT2D eigenvalue weighted by Crippen LogP contribution is 2.29. The van der Waals surface area contributed by atoms with E-state index in [1.807, 2.05) is 38.1 Å². The van der Waals surface area contributed by atoms with E-state index in [1.54, 1.807) is 0 Å². The second kappa shape index (κ2) is 12.8. The smallest absolute Gasteiger partial charge is 0.340 e. The van der Waals surface area contributed by atoms with E-state index < -0.39 is 11.7 Å². The minimum absolute atomic E-state index is 0.106. The summed E-state index contributed by atoms with van der Waals surface area (Å²) >= 11 is 5.43. The summed E-state index contributed by atoms with van der Waals surface area (Å²) in [5.74, 6) is 0.876. The van der Waals surface area contributed by atoms with Gasteiger partial charge in [-0.2, -0.15) is 18.2 Å². The van der Waals surface area contributed by atoms with Gasteiger partial charge in [0.15, 0.2) is 0 Å². The Morgan fingerprint density at radius 2 is 1.59 bits per heavy atom. The second-order valence-electron chi connectivity index (χ2n) is 9.14. The molecule has 204 valence electrons. The van der Waals surface area contributed by atoms with Gasteiger partial charge in [-0.25, -0.2) is 9.97 Å². The topological polar surface area (TPSA) is 68.7 Å². The highest BCUT2D eigenvalue weighted by atomic mass is 32.1. The molecule has 0 amide bonds. The van der Waals surface area contributed by atoms with Crippen LogP contribution in [0.25, 0.3) is 6.08 Å². The molecule has 0 radical (unpaired) electrons. The van der Waals surface area contributed by atoms with Gasteiger partial charge in [-0.05, 0) is 62.0 Å². The second-order valence-corrected chi connectivity index (χ2v) is 9.53. The zero-order valence-corrected chi connectivity index (χ0v) is 22.6. The number of alkyl halides is 3. The van der Waals surface area contributed by atoms with Crippen LogP contribution in [0.3, 0.4) is 0 Å². The summed E-state index contributed by atoms with van der Waals surface area (Å²) in [6, 6.07) is 16.7. The number of aromatic nitrogens is 2. The number of aliphatic imine (C=N–C) groups is 1. The van der Waals surface area contributed by atoms with Crippen molar-refractivity contribution in [2.75, 3.05) is 43.4 Å². The zero-order chi connectivity index (χ0) is 27.8. The molecule has 3 aromatic rings. The first kappa shape index (κ1) is 28.2. The molecule has 0 spiro atoms. The predicted octanol–water partition coefficient (Wildman–Crippen LogP) is 5.61. The minimum atomic E-state index is -4.40. The third-order valence-electron chi connectivity index (χ3n) is 6.02. The molecule has 2 N–H and O–H groups in total. The molecule has 2 aromatic carbocycles. The molecule has 39 heavy (non-hydrogen) atoms. The molecule has 1 aliphatic heterocycles. The minimum Gasteiger partial charge on any atom is -0.340 e. The highest BCUT2D eigenvalue weighted by molar-refractivity contribution is 7.80. The van der Waals surface area contributed by atoms with E-state index >= 15 is 0 Å². The average Bonchev–Trinajstić information content (AvgIpc) is 2.88. The third-order valence-corrected chi connectivity index (χ3v) is 6.22. The van der Waals surface area contributed by atoms with Crippen molar-refractivity contribution in [1.29, 1.82) is 0 Å². The van der Waals surface area contributed by atoms with Crippen molar-refractivity contribution in [3.05, 3.63) is 89.3 Å². The number of thiocarbonyl (C=S) groups is 1. The van der Waals surface area contributed by atoms with Gasteiger partial charge in [0.05, 0.1) is 5.56 Å². The van der Waals surface area contributed by atoms with Gasteiger partial charge < -0.3 is 10.2 Å². The molecule has 0 bridgehead atoms. The van der Waals surface area contributed by atoms with Crippen molar-refractivity contribution < 1.29 is 13.2 Å². The molecule has 1 aromatic heterocycles. The van der Waals surface area contributed by atoms with Crippen LogP contribution in [0.4, 0.5) is 24.8 Å². The molecule has 1 fully saturated rings. The number of guanidine groups is 1. The first-order valence-corrected chi connectivity index (χ1v) is 12.9. The highest BCUT2D eigenvalue weighted by Gasteiger charge is 2.30. The maximum Gasteiger partial charge on any atom is 0.416 e. The monoisotopic (exact) mass is 553 g/mol. The van der Waals surface area contributed by atoms with Crippen molar-refractivity contribution in [3.63, 3.8) is 0 Å². The molecule has 1 saturated heterocycles. The number of anilines is 2. The van der Waals surface area contributed by atoms with Crippen molar-refractivity contribution in [3.8, 4) is 0 Å². The number of hydrogen-bond acceptors (Lipinski definition) is 4. The van der Waals surface area contributed by atoms with Gasteiger partial charge >= 0.3 is 6.18 Å². The number of benzene rings is 2. The van der Waals surface area contributed by atoms with Crippen LogP contribution in [0, 0.1) is 13.8 Å². The zero-order valence-electron chi connectivity index (χ0n) is 21.7. The van der Waals surface area contributed by atoms with Crippen LogP contribution in [-0.2, 0) is 6.18 Å². The molecule has 2 heterocycles.